The third kappa shape index (κ3) is 1.85. The van der Waals surface area contributed by atoms with Gasteiger partial charge in [-0.2, -0.15) is 0 Å². The lowest BCUT2D eigenvalue weighted by Crippen LogP contribution is -2.09. The van der Waals surface area contributed by atoms with Gasteiger partial charge in [-0.05, 0) is 38.5 Å². The molecule has 3 rings (SSSR count). The molecular weight excluding hydrogens is 278 g/mol. The number of halogens is 1. The number of fused-ring (bicyclic) bond motifs is 1. The van der Waals surface area contributed by atoms with Crippen molar-refractivity contribution in [2.45, 2.75) is 56.8 Å². The van der Waals surface area contributed by atoms with Crippen LogP contribution in [0.5, 0.6) is 0 Å². The Labute approximate surface area is 111 Å². The molecule has 1 heterocycles. The number of rotatable bonds is 3. The molecule has 0 N–H and O–H groups in total. The van der Waals surface area contributed by atoms with Gasteiger partial charge in [-0.25, -0.2) is 0 Å². The maximum atomic E-state index is 4.48. The van der Waals surface area contributed by atoms with Gasteiger partial charge < -0.3 is 4.57 Å². The summed E-state index contributed by atoms with van der Waals surface area (Å²) >= 11 is 3.51. The van der Waals surface area contributed by atoms with Crippen molar-refractivity contribution in [3.63, 3.8) is 0 Å². The molecule has 17 heavy (non-hydrogen) atoms. The largest absolute Gasteiger partial charge is 0.311 e. The van der Waals surface area contributed by atoms with E-state index in [1.807, 2.05) is 0 Å². The smallest absolute Gasteiger partial charge is 0.143 e. The van der Waals surface area contributed by atoms with Crippen molar-refractivity contribution in [3.8, 4) is 0 Å². The van der Waals surface area contributed by atoms with E-state index in [0.29, 0.717) is 12.0 Å². The second-order valence-corrected chi connectivity index (χ2v) is 6.27. The van der Waals surface area contributed by atoms with Crippen LogP contribution in [0.2, 0.25) is 0 Å². The molecule has 0 aromatic carbocycles. The van der Waals surface area contributed by atoms with Crippen molar-refractivity contribution in [3.05, 3.63) is 11.6 Å². The lowest BCUT2D eigenvalue weighted by atomic mass is 10.0. The summed E-state index contributed by atoms with van der Waals surface area (Å²) in [6, 6.07) is 0.468. The molecule has 2 fully saturated rings. The van der Waals surface area contributed by atoms with E-state index in [-0.39, 0.29) is 0 Å². The minimum absolute atomic E-state index is 0.468. The summed E-state index contributed by atoms with van der Waals surface area (Å²) in [5.74, 6) is 4.87. The molecule has 1 aromatic rings. The quantitative estimate of drug-likeness (QED) is 0.797. The van der Waals surface area contributed by atoms with Gasteiger partial charge in [0.2, 0.25) is 0 Å². The van der Waals surface area contributed by atoms with Gasteiger partial charge in [-0.15, -0.1) is 10.2 Å². The molecule has 0 radical (unpaired) electrons. The predicted molar refractivity (Wildman–Crippen MR) is 71.2 cm³/mol. The molecule has 0 saturated heterocycles. The molecule has 94 valence electrons. The Balaban J connectivity index is 1.91. The van der Waals surface area contributed by atoms with Gasteiger partial charge in [-0.1, -0.05) is 28.8 Å². The number of alkyl halides is 1. The maximum Gasteiger partial charge on any atom is 0.143 e. The second kappa shape index (κ2) is 4.38. The van der Waals surface area contributed by atoms with Gasteiger partial charge in [0.05, 0.1) is 5.33 Å². The lowest BCUT2D eigenvalue weighted by molar-refractivity contribution is 0.480. The van der Waals surface area contributed by atoms with Crippen LogP contribution in [0.25, 0.3) is 0 Å². The third-order valence-electron chi connectivity index (χ3n) is 4.38. The highest BCUT2D eigenvalue weighted by Crippen LogP contribution is 2.60. The summed E-state index contributed by atoms with van der Waals surface area (Å²) in [7, 11) is 0. The van der Waals surface area contributed by atoms with Crippen molar-refractivity contribution in [2.75, 3.05) is 0 Å². The molecule has 4 heteroatoms. The zero-order valence-electron chi connectivity index (χ0n) is 10.6. The molecule has 2 aliphatic carbocycles. The van der Waals surface area contributed by atoms with Crippen molar-refractivity contribution in [2.24, 2.45) is 11.8 Å². The zero-order chi connectivity index (χ0) is 12.0. The van der Waals surface area contributed by atoms with Crippen molar-refractivity contribution < 1.29 is 0 Å². The van der Waals surface area contributed by atoms with Crippen LogP contribution in [0.3, 0.4) is 0 Å². The van der Waals surface area contributed by atoms with Gasteiger partial charge in [-0.3, -0.25) is 0 Å². The first-order valence-electron chi connectivity index (χ1n) is 6.73. The highest BCUT2D eigenvalue weighted by atomic mass is 79.9. The van der Waals surface area contributed by atoms with Gasteiger partial charge in [0.15, 0.2) is 0 Å². The molecular formula is C13H20BrN3. The summed E-state index contributed by atoms with van der Waals surface area (Å²) in [5, 5.41) is 9.62. The van der Waals surface area contributed by atoms with E-state index >= 15 is 0 Å². The fourth-order valence-corrected chi connectivity index (χ4v) is 3.98. The summed E-state index contributed by atoms with van der Waals surface area (Å²) in [6.07, 6.45) is 5.64. The van der Waals surface area contributed by atoms with Crippen LogP contribution in [-0.2, 0) is 5.33 Å². The first-order chi connectivity index (χ1) is 8.24. The Kier molecular flexibility index (Phi) is 3.01. The molecule has 0 aliphatic heterocycles. The Morgan fingerprint density at radius 1 is 1.24 bits per heavy atom. The second-order valence-electron chi connectivity index (χ2n) is 5.71. The van der Waals surface area contributed by atoms with Crippen molar-refractivity contribution in [1.82, 2.24) is 14.8 Å². The first-order valence-corrected chi connectivity index (χ1v) is 7.85. The SMILES string of the molecule is CC(C)n1c(CBr)nnc1C1C2CCCCC21. The van der Waals surface area contributed by atoms with E-state index in [4.69, 9.17) is 0 Å². The van der Waals surface area contributed by atoms with E-state index in [2.05, 4.69) is 44.5 Å². The van der Waals surface area contributed by atoms with Gasteiger partial charge in [0.1, 0.15) is 11.6 Å². The van der Waals surface area contributed by atoms with Crippen LogP contribution in [0.1, 0.15) is 63.1 Å². The van der Waals surface area contributed by atoms with E-state index < -0.39 is 0 Å². The van der Waals surface area contributed by atoms with E-state index in [0.717, 1.165) is 23.0 Å². The molecule has 2 saturated carbocycles. The Hall–Kier alpha value is -0.380. The summed E-state index contributed by atoms with van der Waals surface area (Å²) in [4.78, 5) is 0. The Morgan fingerprint density at radius 2 is 1.88 bits per heavy atom. The topological polar surface area (TPSA) is 30.7 Å². The zero-order valence-corrected chi connectivity index (χ0v) is 12.2. The Morgan fingerprint density at radius 3 is 2.41 bits per heavy atom. The summed E-state index contributed by atoms with van der Waals surface area (Å²) < 4.78 is 2.34. The standard InChI is InChI=1S/C13H20BrN3/c1-8(2)17-11(7-14)15-16-13(17)12-9-5-3-4-6-10(9)12/h8-10,12H,3-7H2,1-2H3. The average molecular weight is 298 g/mol. The fraction of sp³-hybridized carbons (Fsp3) is 0.846. The van der Waals surface area contributed by atoms with Gasteiger partial charge in [0, 0.05) is 12.0 Å². The summed E-state index contributed by atoms with van der Waals surface area (Å²) in [6.45, 7) is 4.45. The fourth-order valence-electron chi connectivity index (χ4n) is 3.59. The van der Waals surface area contributed by atoms with E-state index in [1.165, 1.54) is 31.5 Å². The molecule has 0 bridgehead atoms. The Bertz CT molecular complexity index is 401. The highest BCUT2D eigenvalue weighted by Gasteiger charge is 2.53. The maximum absolute atomic E-state index is 4.48. The number of nitrogens with zero attached hydrogens (tertiary/aromatic N) is 3. The van der Waals surface area contributed by atoms with Crippen LogP contribution < -0.4 is 0 Å². The molecule has 2 unspecified atom stereocenters. The van der Waals surface area contributed by atoms with Crippen LogP contribution in [0.4, 0.5) is 0 Å². The number of hydrogen-bond donors (Lipinski definition) is 0. The monoisotopic (exact) mass is 297 g/mol. The molecule has 0 amide bonds. The number of aromatic nitrogens is 3. The van der Waals surface area contributed by atoms with Crippen molar-refractivity contribution >= 4 is 15.9 Å². The minimum Gasteiger partial charge on any atom is -0.311 e. The lowest BCUT2D eigenvalue weighted by Gasteiger charge is -2.13. The van der Waals surface area contributed by atoms with Gasteiger partial charge in [0.25, 0.3) is 0 Å². The predicted octanol–water partition coefficient (Wildman–Crippen LogP) is 3.66. The minimum atomic E-state index is 0.468. The third-order valence-corrected chi connectivity index (χ3v) is 4.88. The number of hydrogen-bond acceptors (Lipinski definition) is 2. The molecule has 0 spiro atoms. The summed E-state index contributed by atoms with van der Waals surface area (Å²) in [5.41, 5.74) is 0. The molecule has 2 atom stereocenters. The van der Waals surface area contributed by atoms with Crippen molar-refractivity contribution in [1.29, 1.82) is 0 Å². The molecule has 2 aliphatic rings. The van der Waals surface area contributed by atoms with Crippen LogP contribution in [0.15, 0.2) is 0 Å². The van der Waals surface area contributed by atoms with Crippen LogP contribution in [0, 0.1) is 11.8 Å². The van der Waals surface area contributed by atoms with E-state index in [9.17, 15) is 0 Å². The van der Waals surface area contributed by atoms with Crippen LogP contribution in [-0.4, -0.2) is 14.8 Å². The highest BCUT2D eigenvalue weighted by molar-refractivity contribution is 9.08. The van der Waals surface area contributed by atoms with Crippen LogP contribution >= 0.6 is 15.9 Å². The average Bonchev–Trinajstić information content (AvgIpc) is 2.89. The normalized spacial score (nSPS) is 31.6. The first kappa shape index (κ1) is 11.7. The molecule has 3 nitrogen and oxygen atoms in total. The van der Waals surface area contributed by atoms with E-state index in [1.54, 1.807) is 0 Å². The van der Waals surface area contributed by atoms with Gasteiger partial charge >= 0.3 is 0 Å². The molecule has 1 aromatic heterocycles.